The molecule has 2 heterocycles. The monoisotopic (exact) mass is 197 g/mol. The van der Waals surface area contributed by atoms with E-state index < -0.39 is 0 Å². The fraction of sp³-hybridized carbons (Fsp3) is 0.600. The molecule has 2 nitrogen and oxygen atoms in total. The summed E-state index contributed by atoms with van der Waals surface area (Å²) in [6, 6.07) is 4.21. The van der Waals surface area contributed by atoms with Crippen molar-refractivity contribution in [2.75, 3.05) is 13.1 Å². The van der Waals surface area contributed by atoms with Crippen LogP contribution in [0.2, 0.25) is 0 Å². The van der Waals surface area contributed by atoms with E-state index in [2.05, 4.69) is 29.8 Å². The Bertz CT molecular complexity index is 241. The Morgan fingerprint density at radius 3 is 3.23 bits per heavy atom. The van der Waals surface area contributed by atoms with E-state index in [9.17, 15) is 0 Å². The second-order valence-electron chi connectivity index (χ2n) is 3.41. The third kappa shape index (κ3) is 2.30. The van der Waals surface area contributed by atoms with Gasteiger partial charge in [0, 0.05) is 11.4 Å². The highest BCUT2D eigenvalue weighted by Gasteiger charge is 2.18. The predicted molar refractivity (Wildman–Crippen MR) is 55.1 cm³/mol. The molecular weight excluding hydrogens is 182 g/mol. The molecule has 1 saturated heterocycles. The molecule has 13 heavy (non-hydrogen) atoms. The van der Waals surface area contributed by atoms with Crippen LogP contribution in [0, 0.1) is 0 Å². The summed E-state index contributed by atoms with van der Waals surface area (Å²) >= 11 is 1.77. The van der Waals surface area contributed by atoms with E-state index in [1.165, 1.54) is 4.88 Å². The molecule has 2 rings (SSSR count). The fourth-order valence-electron chi connectivity index (χ4n) is 1.62. The van der Waals surface area contributed by atoms with Gasteiger partial charge in [0.15, 0.2) is 0 Å². The van der Waals surface area contributed by atoms with Crippen molar-refractivity contribution in [2.45, 2.75) is 25.6 Å². The number of hydrogen-bond acceptors (Lipinski definition) is 3. The number of thiophene rings is 1. The van der Waals surface area contributed by atoms with Crippen molar-refractivity contribution in [3.8, 4) is 0 Å². The molecule has 0 saturated carbocycles. The first-order valence-electron chi connectivity index (χ1n) is 4.76. The van der Waals surface area contributed by atoms with Crippen LogP contribution in [0.5, 0.6) is 0 Å². The average molecular weight is 197 g/mol. The van der Waals surface area contributed by atoms with Crippen LogP contribution in [0.3, 0.4) is 0 Å². The van der Waals surface area contributed by atoms with Crippen LogP contribution in [0.25, 0.3) is 0 Å². The van der Waals surface area contributed by atoms with Gasteiger partial charge in [-0.1, -0.05) is 6.07 Å². The highest BCUT2D eigenvalue weighted by molar-refractivity contribution is 7.10. The van der Waals surface area contributed by atoms with E-state index in [4.69, 9.17) is 4.74 Å². The number of ether oxygens (including phenoxy) is 1. The van der Waals surface area contributed by atoms with Crippen LogP contribution in [0.4, 0.5) is 0 Å². The van der Waals surface area contributed by atoms with Crippen LogP contribution in [-0.2, 0) is 4.74 Å². The fourth-order valence-corrected chi connectivity index (χ4v) is 2.34. The molecule has 1 aliphatic rings. The summed E-state index contributed by atoms with van der Waals surface area (Å²) in [4.78, 5) is 1.33. The van der Waals surface area contributed by atoms with Gasteiger partial charge in [-0.05, 0) is 31.3 Å². The Kier molecular flexibility index (Phi) is 2.98. The maximum absolute atomic E-state index is 5.90. The van der Waals surface area contributed by atoms with E-state index in [0.29, 0.717) is 6.10 Å². The molecule has 1 N–H and O–H groups in total. The van der Waals surface area contributed by atoms with Gasteiger partial charge < -0.3 is 10.1 Å². The summed E-state index contributed by atoms with van der Waals surface area (Å²) < 4.78 is 5.90. The van der Waals surface area contributed by atoms with E-state index in [1.54, 1.807) is 11.3 Å². The molecule has 0 radical (unpaired) electrons. The third-order valence-electron chi connectivity index (χ3n) is 2.36. The molecule has 0 aromatic carbocycles. The normalized spacial score (nSPS) is 24.8. The molecule has 2 atom stereocenters. The highest BCUT2D eigenvalue weighted by Crippen LogP contribution is 2.24. The minimum atomic E-state index is 0.255. The van der Waals surface area contributed by atoms with Crippen molar-refractivity contribution in [1.82, 2.24) is 5.32 Å². The smallest absolute Gasteiger partial charge is 0.0893 e. The molecule has 72 valence electrons. The lowest BCUT2D eigenvalue weighted by Crippen LogP contribution is -2.18. The van der Waals surface area contributed by atoms with Crippen molar-refractivity contribution in [2.24, 2.45) is 0 Å². The summed E-state index contributed by atoms with van der Waals surface area (Å²) in [5.74, 6) is 0. The Morgan fingerprint density at radius 2 is 2.62 bits per heavy atom. The van der Waals surface area contributed by atoms with Gasteiger partial charge in [-0.3, -0.25) is 0 Å². The quantitative estimate of drug-likeness (QED) is 0.802. The second kappa shape index (κ2) is 4.22. The molecule has 0 amide bonds. The van der Waals surface area contributed by atoms with Gasteiger partial charge in [0.25, 0.3) is 0 Å². The molecule has 1 unspecified atom stereocenters. The second-order valence-corrected chi connectivity index (χ2v) is 4.39. The summed E-state index contributed by atoms with van der Waals surface area (Å²) in [5, 5.41) is 5.40. The SMILES string of the molecule is CC(O[C@H]1CCNC1)c1cccs1. The molecule has 1 aromatic rings. The van der Waals surface area contributed by atoms with E-state index in [0.717, 1.165) is 19.5 Å². The van der Waals surface area contributed by atoms with Gasteiger partial charge in [-0.25, -0.2) is 0 Å². The van der Waals surface area contributed by atoms with Crippen molar-refractivity contribution in [3.63, 3.8) is 0 Å². The van der Waals surface area contributed by atoms with Crippen LogP contribution < -0.4 is 5.32 Å². The molecule has 1 aromatic heterocycles. The van der Waals surface area contributed by atoms with Gasteiger partial charge in [0.1, 0.15) is 0 Å². The average Bonchev–Trinajstić information content (AvgIpc) is 2.74. The van der Waals surface area contributed by atoms with Crippen LogP contribution in [-0.4, -0.2) is 19.2 Å². The molecule has 3 heteroatoms. The number of nitrogens with one attached hydrogen (secondary N) is 1. The van der Waals surface area contributed by atoms with Crippen molar-refractivity contribution >= 4 is 11.3 Å². The van der Waals surface area contributed by atoms with Gasteiger partial charge in [0.2, 0.25) is 0 Å². The van der Waals surface area contributed by atoms with Crippen LogP contribution in [0.15, 0.2) is 17.5 Å². The Hall–Kier alpha value is -0.380. The lowest BCUT2D eigenvalue weighted by atomic mass is 10.3. The third-order valence-corrected chi connectivity index (χ3v) is 3.39. The molecule has 1 aliphatic heterocycles. The molecule has 0 spiro atoms. The molecule has 0 bridgehead atoms. The van der Waals surface area contributed by atoms with Gasteiger partial charge in [0.05, 0.1) is 12.2 Å². The van der Waals surface area contributed by atoms with E-state index in [-0.39, 0.29) is 6.10 Å². The van der Waals surface area contributed by atoms with E-state index in [1.807, 2.05) is 0 Å². The Labute approximate surface area is 82.9 Å². The first-order chi connectivity index (χ1) is 6.36. The molecule has 1 fully saturated rings. The summed E-state index contributed by atoms with van der Waals surface area (Å²) in [6.07, 6.45) is 1.82. The summed E-state index contributed by atoms with van der Waals surface area (Å²) in [6.45, 7) is 4.24. The van der Waals surface area contributed by atoms with E-state index >= 15 is 0 Å². The summed E-state index contributed by atoms with van der Waals surface area (Å²) in [5.41, 5.74) is 0. The highest BCUT2D eigenvalue weighted by atomic mass is 32.1. The predicted octanol–water partition coefficient (Wildman–Crippen LogP) is 2.19. The van der Waals surface area contributed by atoms with Crippen LogP contribution in [0.1, 0.15) is 24.3 Å². The topological polar surface area (TPSA) is 21.3 Å². The first-order valence-corrected chi connectivity index (χ1v) is 5.64. The minimum absolute atomic E-state index is 0.255. The molecule has 0 aliphatic carbocycles. The molecular formula is C10H15NOS. The lowest BCUT2D eigenvalue weighted by molar-refractivity contribution is 0.0102. The van der Waals surface area contributed by atoms with Crippen molar-refractivity contribution < 1.29 is 4.74 Å². The zero-order valence-corrected chi connectivity index (χ0v) is 8.64. The maximum Gasteiger partial charge on any atom is 0.0893 e. The van der Waals surface area contributed by atoms with Gasteiger partial charge in [-0.15, -0.1) is 11.3 Å². The maximum atomic E-state index is 5.90. The Morgan fingerprint density at radius 1 is 1.69 bits per heavy atom. The number of rotatable bonds is 3. The van der Waals surface area contributed by atoms with Gasteiger partial charge >= 0.3 is 0 Å². The van der Waals surface area contributed by atoms with Crippen molar-refractivity contribution in [3.05, 3.63) is 22.4 Å². The van der Waals surface area contributed by atoms with Crippen LogP contribution >= 0.6 is 11.3 Å². The largest absolute Gasteiger partial charge is 0.368 e. The lowest BCUT2D eigenvalue weighted by Gasteiger charge is -2.16. The first kappa shape index (κ1) is 9.19. The zero-order chi connectivity index (χ0) is 9.10. The zero-order valence-electron chi connectivity index (χ0n) is 7.82. The number of hydrogen-bond donors (Lipinski definition) is 1. The minimum Gasteiger partial charge on any atom is -0.368 e. The van der Waals surface area contributed by atoms with Gasteiger partial charge in [-0.2, -0.15) is 0 Å². The van der Waals surface area contributed by atoms with Crippen molar-refractivity contribution in [1.29, 1.82) is 0 Å². The Balaban J connectivity index is 1.87. The standard InChI is InChI=1S/C10H15NOS/c1-8(10-3-2-6-13-10)12-9-4-5-11-7-9/h2-3,6,8-9,11H,4-5,7H2,1H3/t8?,9-/m0/s1. The summed E-state index contributed by atoms with van der Waals surface area (Å²) in [7, 11) is 0.